The molecule has 3 rings (SSSR count). The molecule has 0 saturated heterocycles. The van der Waals surface area contributed by atoms with Gasteiger partial charge in [-0.15, -0.1) is 0 Å². The Morgan fingerprint density at radius 1 is 0.926 bits per heavy atom. The maximum atomic E-state index is 5.07. The first kappa shape index (κ1) is 18.7. The summed E-state index contributed by atoms with van der Waals surface area (Å²) in [5, 5.41) is 10.4. The number of hydrogen-bond acceptors (Lipinski definition) is 7. The van der Waals surface area contributed by atoms with E-state index in [1.54, 1.807) is 6.07 Å². The van der Waals surface area contributed by atoms with Crippen LogP contribution in [0.3, 0.4) is 0 Å². The lowest BCUT2D eigenvalue weighted by Crippen LogP contribution is -2.21. The predicted octanol–water partition coefficient (Wildman–Crippen LogP) is 4.72. The number of hydrogen-bond donors (Lipinski definition) is 2. The number of benzene rings is 1. The molecule has 27 heavy (non-hydrogen) atoms. The number of nitrogens with zero attached hydrogens (tertiary/aromatic N) is 4. The van der Waals surface area contributed by atoms with Gasteiger partial charge in [0.2, 0.25) is 5.95 Å². The summed E-state index contributed by atoms with van der Waals surface area (Å²) in [5.74, 6) is 2.52. The van der Waals surface area contributed by atoms with Crippen molar-refractivity contribution in [3.05, 3.63) is 47.3 Å². The fourth-order valence-corrected chi connectivity index (χ4v) is 2.94. The molecule has 2 N–H and O–H groups in total. The first-order valence-corrected chi connectivity index (χ1v) is 9.17. The normalized spacial score (nSPS) is 10.7. The van der Waals surface area contributed by atoms with E-state index in [0.717, 1.165) is 41.6 Å². The molecule has 0 amide bonds. The third-order valence-electron chi connectivity index (χ3n) is 4.32. The molecule has 142 valence electrons. The summed E-state index contributed by atoms with van der Waals surface area (Å²) >= 11 is 0. The summed E-state index contributed by atoms with van der Waals surface area (Å²) in [7, 11) is 0. The Kier molecular flexibility index (Phi) is 5.59. The van der Waals surface area contributed by atoms with E-state index in [1.807, 2.05) is 19.9 Å². The van der Waals surface area contributed by atoms with Crippen molar-refractivity contribution < 1.29 is 4.52 Å². The number of aryl methyl sites for hydroxylation is 3. The number of anilines is 5. The Morgan fingerprint density at radius 2 is 1.70 bits per heavy atom. The second-order valence-corrected chi connectivity index (χ2v) is 6.46. The fourth-order valence-electron chi connectivity index (χ4n) is 2.94. The van der Waals surface area contributed by atoms with Gasteiger partial charge in [0.05, 0.1) is 0 Å². The van der Waals surface area contributed by atoms with Gasteiger partial charge < -0.3 is 20.1 Å². The number of nitrogens with one attached hydrogen (secondary N) is 2. The molecule has 7 heteroatoms. The van der Waals surface area contributed by atoms with E-state index in [1.165, 1.54) is 5.69 Å². The fraction of sp³-hybridized carbons (Fsp3) is 0.350. The van der Waals surface area contributed by atoms with Crippen LogP contribution in [0.25, 0.3) is 0 Å². The number of rotatable bonds is 7. The molecule has 0 aliphatic rings. The minimum absolute atomic E-state index is 0.475. The van der Waals surface area contributed by atoms with Crippen LogP contribution in [0.5, 0.6) is 0 Å². The third kappa shape index (κ3) is 4.55. The quantitative estimate of drug-likeness (QED) is 0.626. The standard InChI is InChI=1S/C20H26N6O/c1-6-26(7-2)16-8-9-17(13(3)10-16)22-18-11-14(4)21-20(23-18)24-19-12-15(5)27-25-19/h8-12H,6-7H2,1-5H3,(H2,21,22,23,24,25). The molecule has 2 heterocycles. The Balaban J connectivity index is 1.81. The molecule has 0 radical (unpaired) electrons. The zero-order valence-corrected chi connectivity index (χ0v) is 16.5. The van der Waals surface area contributed by atoms with Gasteiger partial charge in [-0.1, -0.05) is 5.16 Å². The van der Waals surface area contributed by atoms with Crippen molar-refractivity contribution in [2.45, 2.75) is 34.6 Å². The van der Waals surface area contributed by atoms with E-state index in [2.05, 4.69) is 69.6 Å². The Bertz CT molecular complexity index is 917. The molecule has 0 bridgehead atoms. The summed E-state index contributed by atoms with van der Waals surface area (Å²) in [6.45, 7) is 12.2. The molecular weight excluding hydrogens is 340 g/mol. The lowest BCUT2D eigenvalue weighted by atomic mass is 10.1. The van der Waals surface area contributed by atoms with Crippen LogP contribution in [0.15, 0.2) is 34.9 Å². The zero-order chi connectivity index (χ0) is 19.4. The average Bonchev–Trinajstić information content (AvgIpc) is 3.02. The minimum Gasteiger partial charge on any atom is -0.372 e. The van der Waals surface area contributed by atoms with Crippen molar-refractivity contribution in [3.8, 4) is 0 Å². The van der Waals surface area contributed by atoms with Crippen LogP contribution in [0.2, 0.25) is 0 Å². The van der Waals surface area contributed by atoms with Gasteiger partial charge in [0.15, 0.2) is 5.82 Å². The van der Waals surface area contributed by atoms with E-state index in [0.29, 0.717) is 11.8 Å². The molecule has 0 aliphatic carbocycles. The van der Waals surface area contributed by atoms with E-state index in [-0.39, 0.29) is 0 Å². The highest BCUT2D eigenvalue weighted by Gasteiger charge is 2.09. The summed E-state index contributed by atoms with van der Waals surface area (Å²) < 4.78 is 5.07. The zero-order valence-electron chi connectivity index (χ0n) is 16.5. The lowest BCUT2D eigenvalue weighted by Gasteiger charge is -2.22. The minimum atomic E-state index is 0.475. The van der Waals surface area contributed by atoms with Gasteiger partial charge in [-0.25, -0.2) is 4.98 Å². The molecule has 0 atom stereocenters. The van der Waals surface area contributed by atoms with Gasteiger partial charge in [0.25, 0.3) is 0 Å². The molecule has 0 aliphatic heterocycles. The second kappa shape index (κ2) is 8.07. The van der Waals surface area contributed by atoms with Crippen LogP contribution in [0.4, 0.5) is 29.0 Å². The maximum Gasteiger partial charge on any atom is 0.230 e. The SMILES string of the molecule is CCN(CC)c1ccc(Nc2cc(C)nc(Nc3cc(C)on3)n2)c(C)c1. The summed E-state index contributed by atoms with van der Waals surface area (Å²) in [6.07, 6.45) is 0. The predicted molar refractivity (Wildman–Crippen MR) is 109 cm³/mol. The van der Waals surface area contributed by atoms with E-state index < -0.39 is 0 Å². The molecular formula is C20H26N6O. The molecule has 1 aromatic carbocycles. The molecule has 2 aromatic heterocycles. The van der Waals surface area contributed by atoms with E-state index in [9.17, 15) is 0 Å². The van der Waals surface area contributed by atoms with Crippen molar-refractivity contribution in [1.82, 2.24) is 15.1 Å². The van der Waals surface area contributed by atoms with Crippen LogP contribution in [0.1, 0.15) is 30.9 Å². The van der Waals surface area contributed by atoms with Crippen molar-refractivity contribution in [3.63, 3.8) is 0 Å². The summed E-state index contributed by atoms with van der Waals surface area (Å²) in [6, 6.07) is 10.1. The van der Waals surface area contributed by atoms with E-state index in [4.69, 9.17) is 4.52 Å². The van der Waals surface area contributed by atoms with Crippen molar-refractivity contribution in [2.75, 3.05) is 28.6 Å². The smallest absolute Gasteiger partial charge is 0.230 e. The average molecular weight is 366 g/mol. The van der Waals surface area contributed by atoms with Crippen molar-refractivity contribution >= 4 is 29.0 Å². The van der Waals surface area contributed by atoms with Crippen LogP contribution in [-0.2, 0) is 0 Å². The Morgan fingerprint density at radius 3 is 2.33 bits per heavy atom. The second-order valence-electron chi connectivity index (χ2n) is 6.46. The van der Waals surface area contributed by atoms with Gasteiger partial charge >= 0.3 is 0 Å². The van der Waals surface area contributed by atoms with Gasteiger partial charge in [0, 0.05) is 42.3 Å². The highest BCUT2D eigenvalue weighted by atomic mass is 16.5. The topological polar surface area (TPSA) is 79.1 Å². The summed E-state index contributed by atoms with van der Waals surface area (Å²) in [5.41, 5.74) is 4.27. The van der Waals surface area contributed by atoms with Crippen molar-refractivity contribution in [1.29, 1.82) is 0 Å². The molecule has 0 saturated carbocycles. The van der Waals surface area contributed by atoms with Crippen molar-refractivity contribution in [2.24, 2.45) is 0 Å². The first-order chi connectivity index (χ1) is 13.0. The van der Waals surface area contributed by atoms with Gasteiger partial charge in [-0.3, -0.25) is 0 Å². The van der Waals surface area contributed by atoms with Crippen LogP contribution in [-0.4, -0.2) is 28.2 Å². The van der Waals surface area contributed by atoms with Gasteiger partial charge in [-0.05, 0) is 58.4 Å². The van der Waals surface area contributed by atoms with E-state index >= 15 is 0 Å². The summed E-state index contributed by atoms with van der Waals surface area (Å²) in [4.78, 5) is 11.3. The van der Waals surface area contributed by atoms with Crippen LogP contribution in [0, 0.1) is 20.8 Å². The Labute approximate surface area is 159 Å². The highest BCUT2D eigenvalue weighted by Crippen LogP contribution is 2.26. The van der Waals surface area contributed by atoms with Gasteiger partial charge in [-0.2, -0.15) is 4.98 Å². The third-order valence-corrected chi connectivity index (χ3v) is 4.32. The molecule has 7 nitrogen and oxygen atoms in total. The molecule has 0 spiro atoms. The van der Waals surface area contributed by atoms with Gasteiger partial charge in [0.1, 0.15) is 11.6 Å². The van der Waals surface area contributed by atoms with Crippen LogP contribution < -0.4 is 15.5 Å². The molecule has 0 fully saturated rings. The van der Waals surface area contributed by atoms with Crippen LogP contribution >= 0.6 is 0 Å². The highest BCUT2D eigenvalue weighted by molar-refractivity contribution is 5.66. The molecule has 0 unspecified atom stereocenters. The Hall–Kier alpha value is -3.09. The first-order valence-electron chi connectivity index (χ1n) is 9.17. The molecule has 3 aromatic rings. The lowest BCUT2D eigenvalue weighted by molar-refractivity contribution is 0.400. The largest absolute Gasteiger partial charge is 0.372 e. The maximum absolute atomic E-state index is 5.07. The monoisotopic (exact) mass is 366 g/mol. The number of aromatic nitrogens is 3.